The van der Waals surface area contributed by atoms with E-state index < -0.39 is 29.6 Å². The molecule has 2 aromatic heterocycles. The van der Waals surface area contributed by atoms with E-state index >= 15 is 0 Å². The number of hydrogen-bond acceptors (Lipinski definition) is 4. The number of ether oxygens (including phenoxy) is 2. The second-order valence-electron chi connectivity index (χ2n) is 11.7. The number of hydrogen-bond donors (Lipinski definition) is 2. The minimum absolute atomic E-state index is 0.482. The number of aromatic amines is 2. The molecule has 0 bridgehead atoms. The molecule has 0 radical (unpaired) electrons. The molecule has 0 saturated carbocycles. The molecule has 6 aromatic rings. The smallest absolute Gasteiger partial charge is 0.318 e. The molecule has 4 aromatic carbocycles. The van der Waals surface area contributed by atoms with Gasteiger partial charge in [-0.15, -0.1) is 0 Å². The summed E-state index contributed by atoms with van der Waals surface area (Å²) in [4.78, 5) is 33.6. The summed E-state index contributed by atoms with van der Waals surface area (Å²) < 4.78 is 12.3. The summed E-state index contributed by atoms with van der Waals surface area (Å²) in [5.41, 5.74) is 3.76. The average Bonchev–Trinajstić information content (AvgIpc) is 3.59. The molecule has 8 heteroatoms. The number of aromatic nitrogens is 2. The van der Waals surface area contributed by atoms with Gasteiger partial charge in [0.1, 0.15) is 17.6 Å². The third-order valence-corrected chi connectivity index (χ3v) is 9.84. The molecule has 0 aliphatic rings. The summed E-state index contributed by atoms with van der Waals surface area (Å²) in [6.45, 7) is 7.93. The molecular formula is C37H36Cl2N2O4. The SMILES string of the molecule is CCC(CC)(OC(=O)CC(=O)OC(CC)(CC)c1ccc2c(c1)[nH]c1ccc(Cl)cc12)c1ccc2c(c1)[nH]c1ccc(Cl)cc12. The van der Waals surface area contributed by atoms with E-state index in [4.69, 9.17) is 32.7 Å². The molecule has 45 heavy (non-hydrogen) atoms. The molecule has 232 valence electrons. The summed E-state index contributed by atoms with van der Waals surface area (Å²) in [5.74, 6) is -1.23. The molecule has 2 N–H and O–H groups in total. The first kappa shape index (κ1) is 31.0. The molecule has 0 spiro atoms. The quantitative estimate of drug-likeness (QED) is 0.115. The molecule has 0 saturated heterocycles. The number of carbonyl (C=O) groups excluding carboxylic acids is 2. The molecule has 6 nitrogen and oxygen atoms in total. The maximum Gasteiger partial charge on any atom is 0.318 e. The Hall–Kier alpha value is -4.00. The van der Waals surface area contributed by atoms with Crippen LogP contribution in [-0.2, 0) is 30.3 Å². The van der Waals surface area contributed by atoms with Gasteiger partial charge in [0.2, 0.25) is 0 Å². The number of carbonyl (C=O) groups is 2. The highest BCUT2D eigenvalue weighted by molar-refractivity contribution is 6.32. The third-order valence-electron chi connectivity index (χ3n) is 9.37. The first-order valence-corrected chi connectivity index (χ1v) is 16.3. The number of halogens is 2. The highest BCUT2D eigenvalue weighted by Gasteiger charge is 2.37. The van der Waals surface area contributed by atoms with E-state index in [0.29, 0.717) is 35.7 Å². The largest absolute Gasteiger partial charge is 0.454 e. The molecule has 0 fully saturated rings. The second-order valence-corrected chi connectivity index (χ2v) is 12.6. The maximum absolute atomic E-state index is 13.3. The molecule has 0 amide bonds. The summed E-state index contributed by atoms with van der Waals surface area (Å²) in [6, 6.07) is 23.6. The van der Waals surface area contributed by atoms with E-state index in [-0.39, 0.29) is 0 Å². The third kappa shape index (κ3) is 5.55. The number of rotatable bonds is 10. The van der Waals surface area contributed by atoms with E-state index in [1.165, 1.54) is 0 Å². The van der Waals surface area contributed by atoms with Crippen LogP contribution in [0.3, 0.4) is 0 Å². The van der Waals surface area contributed by atoms with Crippen molar-refractivity contribution in [3.63, 3.8) is 0 Å². The van der Waals surface area contributed by atoms with Crippen LogP contribution >= 0.6 is 23.2 Å². The van der Waals surface area contributed by atoms with E-state index in [1.807, 2.05) is 100 Å². The normalized spacial score (nSPS) is 12.4. The lowest BCUT2D eigenvalue weighted by Gasteiger charge is -2.34. The van der Waals surface area contributed by atoms with Crippen molar-refractivity contribution in [1.82, 2.24) is 9.97 Å². The first-order chi connectivity index (χ1) is 21.6. The van der Waals surface area contributed by atoms with Crippen molar-refractivity contribution in [1.29, 1.82) is 0 Å². The Kier molecular flexibility index (Phi) is 8.31. The minimum Gasteiger partial charge on any atom is -0.454 e. The van der Waals surface area contributed by atoms with Crippen molar-refractivity contribution in [3.8, 4) is 0 Å². The van der Waals surface area contributed by atoms with Crippen LogP contribution in [0.4, 0.5) is 0 Å². The molecule has 0 unspecified atom stereocenters. The van der Waals surface area contributed by atoms with E-state index in [9.17, 15) is 9.59 Å². The number of fused-ring (bicyclic) bond motifs is 6. The highest BCUT2D eigenvalue weighted by Crippen LogP contribution is 2.39. The zero-order chi connectivity index (χ0) is 31.9. The monoisotopic (exact) mass is 642 g/mol. The summed E-state index contributed by atoms with van der Waals surface area (Å²) in [5, 5.41) is 5.48. The van der Waals surface area contributed by atoms with Crippen molar-refractivity contribution >= 4 is 78.8 Å². The number of nitrogens with one attached hydrogen (secondary N) is 2. The summed E-state index contributed by atoms with van der Waals surface area (Å²) >= 11 is 12.5. The highest BCUT2D eigenvalue weighted by atomic mass is 35.5. The Morgan fingerprint density at radius 2 is 0.956 bits per heavy atom. The fourth-order valence-corrected chi connectivity index (χ4v) is 7.01. The van der Waals surface area contributed by atoms with Gasteiger partial charge in [0.05, 0.1) is 0 Å². The van der Waals surface area contributed by atoms with Gasteiger partial charge in [-0.1, -0.05) is 75.2 Å². The fourth-order valence-electron chi connectivity index (χ4n) is 6.67. The van der Waals surface area contributed by atoms with Crippen molar-refractivity contribution in [2.75, 3.05) is 0 Å². The summed E-state index contributed by atoms with van der Waals surface area (Å²) in [7, 11) is 0. The lowest BCUT2D eigenvalue weighted by Crippen LogP contribution is -2.35. The van der Waals surface area contributed by atoms with Crippen molar-refractivity contribution in [2.24, 2.45) is 0 Å². The lowest BCUT2D eigenvalue weighted by molar-refractivity contribution is -0.174. The summed E-state index contributed by atoms with van der Waals surface area (Å²) in [6.07, 6.45) is 1.71. The van der Waals surface area contributed by atoms with Gasteiger partial charge < -0.3 is 19.4 Å². The van der Waals surface area contributed by atoms with Crippen LogP contribution in [0, 0.1) is 0 Å². The molecule has 0 atom stereocenters. The van der Waals surface area contributed by atoms with Crippen LogP contribution in [0.15, 0.2) is 72.8 Å². The molecule has 2 heterocycles. The van der Waals surface area contributed by atoms with Gasteiger partial charge in [-0.25, -0.2) is 0 Å². The van der Waals surface area contributed by atoms with Gasteiger partial charge in [-0.05, 0) is 85.3 Å². The van der Waals surface area contributed by atoms with E-state index in [1.54, 1.807) is 0 Å². The van der Waals surface area contributed by atoms with Crippen molar-refractivity contribution in [3.05, 3.63) is 94.0 Å². The van der Waals surface area contributed by atoms with Crippen molar-refractivity contribution in [2.45, 2.75) is 71.0 Å². The molecule has 0 aliphatic heterocycles. The number of H-pyrrole nitrogens is 2. The lowest BCUT2D eigenvalue weighted by atomic mass is 9.87. The Morgan fingerprint density at radius 1 is 0.556 bits per heavy atom. The molecule has 6 rings (SSSR count). The van der Waals surface area contributed by atoms with Crippen LogP contribution in [0.25, 0.3) is 43.6 Å². The van der Waals surface area contributed by atoms with Crippen LogP contribution in [0.2, 0.25) is 10.0 Å². The number of esters is 2. The van der Waals surface area contributed by atoms with Crippen LogP contribution in [0.1, 0.15) is 70.9 Å². The fraction of sp³-hybridized carbons (Fsp3) is 0.297. The maximum atomic E-state index is 13.3. The van der Waals surface area contributed by atoms with Gasteiger partial charge in [-0.3, -0.25) is 9.59 Å². The van der Waals surface area contributed by atoms with Gasteiger partial charge >= 0.3 is 11.9 Å². The van der Waals surface area contributed by atoms with Gasteiger partial charge in [0, 0.05) is 53.7 Å². The average molecular weight is 644 g/mol. The predicted octanol–water partition coefficient (Wildman–Crippen LogP) is 10.5. The Bertz CT molecular complexity index is 1920. The first-order valence-electron chi connectivity index (χ1n) is 15.5. The van der Waals surface area contributed by atoms with Gasteiger partial charge in [0.25, 0.3) is 0 Å². The standard InChI is InChI=1S/C37H36Cl2N2O4/c1-5-36(6-2,22-9-13-26-28-19-24(38)11-15-30(28)40-32(26)17-22)44-34(42)21-35(43)45-37(7-3,8-4)23-10-14-27-29-20-25(39)12-16-31(29)41-33(27)18-23/h9-20,40-41H,5-8,21H2,1-4H3. The zero-order valence-corrected chi connectivity index (χ0v) is 27.4. The minimum atomic E-state index is -0.892. The predicted molar refractivity (Wildman–Crippen MR) is 183 cm³/mol. The Morgan fingerprint density at radius 3 is 1.33 bits per heavy atom. The molecular weight excluding hydrogens is 607 g/mol. The number of benzene rings is 4. The molecule has 0 aliphatic carbocycles. The second kappa shape index (κ2) is 12.1. The van der Waals surface area contributed by atoms with E-state index in [2.05, 4.69) is 9.97 Å². The van der Waals surface area contributed by atoms with Crippen molar-refractivity contribution < 1.29 is 19.1 Å². The Balaban J connectivity index is 1.22. The van der Waals surface area contributed by atoms with Gasteiger partial charge in [0.15, 0.2) is 0 Å². The topological polar surface area (TPSA) is 84.2 Å². The Labute approximate surface area is 272 Å². The van der Waals surface area contributed by atoms with Gasteiger partial charge in [-0.2, -0.15) is 0 Å². The van der Waals surface area contributed by atoms with Crippen LogP contribution in [0.5, 0.6) is 0 Å². The zero-order valence-electron chi connectivity index (χ0n) is 25.9. The van der Waals surface area contributed by atoms with Crippen LogP contribution < -0.4 is 0 Å². The van der Waals surface area contributed by atoms with E-state index in [0.717, 1.165) is 54.7 Å². The van der Waals surface area contributed by atoms with Crippen LogP contribution in [-0.4, -0.2) is 21.9 Å².